The van der Waals surface area contributed by atoms with E-state index in [0.29, 0.717) is 6.10 Å². The largest absolute Gasteiger partial charge is 0.376 e. The van der Waals surface area contributed by atoms with E-state index in [1.165, 1.54) is 6.42 Å². The molecule has 1 atom stereocenters. The van der Waals surface area contributed by atoms with Crippen molar-refractivity contribution in [2.24, 2.45) is 4.99 Å². The summed E-state index contributed by atoms with van der Waals surface area (Å²) in [7, 11) is 2.12. The van der Waals surface area contributed by atoms with E-state index in [1.54, 1.807) is 0 Å². The Morgan fingerprint density at radius 1 is 1.37 bits per heavy atom. The third-order valence-electron chi connectivity index (χ3n) is 3.15. The zero-order valence-corrected chi connectivity index (χ0v) is 14.8. The molecule has 0 spiro atoms. The van der Waals surface area contributed by atoms with Crippen molar-refractivity contribution in [2.75, 3.05) is 46.4 Å². The Morgan fingerprint density at radius 3 is 2.74 bits per heavy atom. The van der Waals surface area contributed by atoms with Crippen LogP contribution in [0.25, 0.3) is 0 Å². The van der Waals surface area contributed by atoms with Crippen molar-refractivity contribution in [1.82, 2.24) is 15.5 Å². The van der Waals surface area contributed by atoms with E-state index in [-0.39, 0.29) is 24.0 Å². The van der Waals surface area contributed by atoms with Gasteiger partial charge in [-0.15, -0.1) is 24.0 Å². The monoisotopic (exact) mass is 384 g/mol. The minimum Gasteiger partial charge on any atom is -0.376 e. The molecule has 0 aromatic carbocycles. The molecule has 114 valence electrons. The van der Waals surface area contributed by atoms with Crippen LogP contribution in [0.3, 0.4) is 0 Å². The number of nitrogens with one attached hydrogen (secondary N) is 2. The fraction of sp³-hybridized carbons (Fsp3) is 0.923. The lowest BCUT2D eigenvalue weighted by Gasteiger charge is -2.16. The predicted molar refractivity (Wildman–Crippen MR) is 91.5 cm³/mol. The van der Waals surface area contributed by atoms with Crippen LogP contribution in [0, 0.1) is 0 Å². The van der Waals surface area contributed by atoms with Crippen molar-refractivity contribution in [3.8, 4) is 0 Å². The molecular weight excluding hydrogens is 355 g/mol. The number of likely N-dealkylation sites (N-methyl/N-ethyl adjacent to an activating group) is 1. The summed E-state index contributed by atoms with van der Waals surface area (Å²) in [6, 6.07) is 0. The fourth-order valence-electron chi connectivity index (χ4n) is 1.85. The number of aliphatic imine (C=N–C) groups is 1. The van der Waals surface area contributed by atoms with Gasteiger partial charge in [0.1, 0.15) is 0 Å². The molecule has 1 fully saturated rings. The first-order valence-electron chi connectivity index (χ1n) is 7.08. The molecule has 6 heteroatoms. The number of rotatable bonds is 7. The molecule has 0 bridgehead atoms. The molecule has 0 aromatic rings. The Hall–Kier alpha value is -0.0800. The van der Waals surface area contributed by atoms with Crippen molar-refractivity contribution in [3.63, 3.8) is 0 Å². The normalized spacial score (nSPS) is 19.4. The average molecular weight is 384 g/mol. The zero-order valence-electron chi connectivity index (χ0n) is 12.4. The van der Waals surface area contributed by atoms with E-state index in [2.05, 4.69) is 41.4 Å². The van der Waals surface area contributed by atoms with E-state index in [9.17, 15) is 0 Å². The number of guanidine groups is 1. The molecule has 19 heavy (non-hydrogen) atoms. The molecule has 0 amide bonds. The van der Waals surface area contributed by atoms with Gasteiger partial charge in [0, 0.05) is 26.2 Å². The molecular formula is C13H29IN4O. The number of ether oxygens (including phenoxy) is 1. The van der Waals surface area contributed by atoms with Crippen LogP contribution in [0.1, 0.15) is 26.7 Å². The highest BCUT2D eigenvalue weighted by Gasteiger charge is 2.14. The minimum atomic E-state index is 0. The van der Waals surface area contributed by atoms with Gasteiger partial charge in [0.2, 0.25) is 0 Å². The number of hydrogen-bond acceptors (Lipinski definition) is 3. The standard InChI is InChI=1S/C13H28N4O.HI/c1-4-14-13(15-8-9-17(3)5-2)16-11-12-7-6-10-18-12;/h12H,4-11H2,1-3H3,(H2,14,15,16);1H. The van der Waals surface area contributed by atoms with E-state index < -0.39 is 0 Å². The summed E-state index contributed by atoms with van der Waals surface area (Å²) in [5, 5.41) is 6.61. The Morgan fingerprint density at radius 2 is 2.16 bits per heavy atom. The molecule has 5 nitrogen and oxygen atoms in total. The van der Waals surface area contributed by atoms with Gasteiger partial charge in [-0.05, 0) is 33.4 Å². The van der Waals surface area contributed by atoms with E-state index in [1.807, 2.05) is 0 Å². The van der Waals surface area contributed by atoms with Gasteiger partial charge in [0.25, 0.3) is 0 Å². The van der Waals surface area contributed by atoms with Crippen LogP contribution in [0.15, 0.2) is 4.99 Å². The third kappa shape index (κ3) is 8.65. The lowest BCUT2D eigenvalue weighted by molar-refractivity contribution is 0.117. The van der Waals surface area contributed by atoms with Crippen molar-refractivity contribution in [3.05, 3.63) is 0 Å². The van der Waals surface area contributed by atoms with Crippen LogP contribution in [0.5, 0.6) is 0 Å². The maximum absolute atomic E-state index is 5.57. The summed E-state index contributed by atoms with van der Waals surface area (Å²) in [6.45, 7) is 9.82. The summed E-state index contributed by atoms with van der Waals surface area (Å²) in [5.74, 6) is 0.900. The van der Waals surface area contributed by atoms with Crippen molar-refractivity contribution in [1.29, 1.82) is 0 Å². The quantitative estimate of drug-likeness (QED) is 0.395. The van der Waals surface area contributed by atoms with Crippen molar-refractivity contribution >= 4 is 29.9 Å². The van der Waals surface area contributed by atoms with Gasteiger partial charge < -0.3 is 20.3 Å². The second-order valence-electron chi connectivity index (χ2n) is 4.68. The lowest BCUT2D eigenvalue weighted by atomic mass is 10.2. The topological polar surface area (TPSA) is 48.9 Å². The molecule has 1 saturated heterocycles. The zero-order chi connectivity index (χ0) is 13.2. The minimum absolute atomic E-state index is 0. The van der Waals surface area contributed by atoms with Gasteiger partial charge in [-0.2, -0.15) is 0 Å². The highest BCUT2D eigenvalue weighted by Crippen LogP contribution is 2.11. The number of hydrogen-bond donors (Lipinski definition) is 2. The predicted octanol–water partition coefficient (Wildman–Crippen LogP) is 1.29. The Bertz CT molecular complexity index is 245. The van der Waals surface area contributed by atoms with Gasteiger partial charge in [-0.1, -0.05) is 6.92 Å². The van der Waals surface area contributed by atoms with Gasteiger partial charge in [0.05, 0.1) is 12.6 Å². The summed E-state index contributed by atoms with van der Waals surface area (Å²) in [4.78, 5) is 6.84. The SMILES string of the molecule is CCNC(=NCC1CCCO1)NCCN(C)CC.I. The summed E-state index contributed by atoms with van der Waals surface area (Å²) < 4.78 is 5.57. The van der Waals surface area contributed by atoms with Crippen LogP contribution < -0.4 is 10.6 Å². The highest BCUT2D eigenvalue weighted by atomic mass is 127. The van der Waals surface area contributed by atoms with Crippen LogP contribution in [-0.2, 0) is 4.74 Å². The average Bonchev–Trinajstić information content (AvgIpc) is 2.88. The van der Waals surface area contributed by atoms with Crippen LogP contribution in [0.4, 0.5) is 0 Å². The molecule has 1 unspecified atom stereocenters. The molecule has 1 rings (SSSR count). The summed E-state index contributed by atoms with van der Waals surface area (Å²) in [5.41, 5.74) is 0. The van der Waals surface area contributed by atoms with E-state index >= 15 is 0 Å². The Balaban J connectivity index is 0.00000324. The second kappa shape index (κ2) is 11.7. The smallest absolute Gasteiger partial charge is 0.191 e. The molecule has 1 aliphatic rings. The lowest BCUT2D eigenvalue weighted by Crippen LogP contribution is -2.41. The Kier molecular flexibility index (Phi) is 11.7. The maximum Gasteiger partial charge on any atom is 0.191 e. The van der Waals surface area contributed by atoms with Gasteiger partial charge in [-0.3, -0.25) is 4.99 Å². The van der Waals surface area contributed by atoms with Gasteiger partial charge in [0.15, 0.2) is 5.96 Å². The maximum atomic E-state index is 5.57. The van der Waals surface area contributed by atoms with Gasteiger partial charge >= 0.3 is 0 Å². The van der Waals surface area contributed by atoms with Crippen molar-refractivity contribution in [2.45, 2.75) is 32.8 Å². The molecule has 0 radical (unpaired) electrons. The number of nitrogens with zero attached hydrogens (tertiary/aromatic N) is 2. The molecule has 0 aliphatic carbocycles. The first-order valence-corrected chi connectivity index (χ1v) is 7.08. The number of halogens is 1. The first kappa shape index (κ1) is 18.9. The van der Waals surface area contributed by atoms with Crippen LogP contribution in [-0.4, -0.2) is 63.3 Å². The second-order valence-corrected chi connectivity index (χ2v) is 4.68. The Labute approximate surface area is 134 Å². The summed E-state index contributed by atoms with van der Waals surface area (Å²) in [6.07, 6.45) is 2.63. The van der Waals surface area contributed by atoms with Crippen molar-refractivity contribution < 1.29 is 4.74 Å². The first-order chi connectivity index (χ1) is 8.76. The third-order valence-corrected chi connectivity index (χ3v) is 3.15. The molecule has 0 aromatic heterocycles. The van der Waals surface area contributed by atoms with Crippen LogP contribution in [0.2, 0.25) is 0 Å². The molecule has 1 heterocycles. The highest BCUT2D eigenvalue weighted by molar-refractivity contribution is 14.0. The van der Waals surface area contributed by atoms with E-state index in [0.717, 1.165) is 51.7 Å². The molecule has 2 N–H and O–H groups in total. The van der Waals surface area contributed by atoms with E-state index in [4.69, 9.17) is 4.74 Å². The van der Waals surface area contributed by atoms with Crippen LogP contribution >= 0.6 is 24.0 Å². The fourth-order valence-corrected chi connectivity index (χ4v) is 1.85. The van der Waals surface area contributed by atoms with Gasteiger partial charge in [-0.25, -0.2) is 0 Å². The molecule has 1 aliphatic heterocycles. The summed E-state index contributed by atoms with van der Waals surface area (Å²) >= 11 is 0. The molecule has 0 saturated carbocycles.